The van der Waals surface area contributed by atoms with Crippen molar-refractivity contribution in [3.05, 3.63) is 0 Å². The molecular weight excluding hydrogens is 192 g/mol. The van der Waals surface area contributed by atoms with Gasteiger partial charge >= 0.3 is 6.03 Å². The summed E-state index contributed by atoms with van der Waals surface area (Å²) in [7, 11) is 0. The Kier molecular flexibility index (Phi) is 3.14. The molecule has 0 saturated heterocycles. The zero-order chi connectivity index (χ0) is 10.8. The summed E-state index contributed by atoms with van der Waals surface area (Å²) in [5.41, 5.74) is 5.01. The van der Waals surface area contributed by atoms with E-state index in [1.54, 1.807) is 0 Å². The standard InChI is InChI=1S/C11H20N2O2/c12-11(14)13(15)10-6-9(7-10)8-4-2-1-3-5-8/h8-10,15H,1-7H2,(H2,12,14)/t9-,10+. The zero-order valence-electron chi connectivity index (χ0n) is 9.06. The van der Waals surface area contributed by atoms with Crippen molar-refractivity contribution in [1.82, 2.24) is 5.06 Å². The number of nitrogens with two attached hydrogens (primary N) is 1. The number of rotatable bonds is 2. The second-order valence-electron chi connectivity index (χ2n) is 4.97. The van der Waals surface area contributed by atoms with Gasteiger partial charge in [-0.15, -0.1) is 0 Å². The highest BCUT2D eigenvalue weighted by atomic mass is 16.5. The second kappa shape index (κ2) is 4.39. The van der Waals surface area contributed by atoms with Crippen LogP contribution in [0.4, 0.5) is 4.79 Å². The lowest BCUT2D eigenvalue weighted by Crippen LogP contribution is -2.49. The van der Waals surface area contributed by atoms with Gasteiger partial charge in [0.2, 0.25) is 0 Å². The second-order valence-corrected chi connectivity index (χ2v) is 4.97. The van der Waals surface area contributed by atoms with Crippen molar-refractivity contribution in [2.24, 2.45) is 17.6 Å². The van der Waals surface area contributed by atoms with E-state index in [2.05, 4.69) is 0 Å². The summed E-state index contributed by atoms with van der Waals surface area (Å²) in [6.45, 7) is 0. The number of hydrogen-bond acceptors (Lipinski definition) is 2. The predicted molar refractivity (Wildman–Crippen MR) is 56.3 cm³/mol. The molecule has 0 aromatic heterocycles. The van der Waals surface area contributed by atoms with Crippen LogP contribution in [0.2, 0.25) is 0 Å². The Labute approximate surface area is 90.4 Å². The van der Waals surface area contributed by atoms with Crippen LogP contribution >= 0.6 is 0 Å². The Bertz CT molecular complexity index is 233. The summed E-state index contributed by atoms with van der Waals surface area (Å²) in [6.07, 6.45) is 8.61. The lowest BCUT2D eigenvalue weighted by Gasteiger charge is -2.44. The number of amides is 2. The Balaban J connectivity index is 1.75. The summed E-state index contributed by atoms with van der Waals surface area (Å²) in [4.78, 5) is 10.7. The number of carbonyl (C=O) groups excluding carboxylic acids is 1. The monoisotopic (exact) mass is 212 g/mol. The summed E-state index contributed by atoms with van der Waals surface area (Å²) < 4.78 is 0. The topological polar surface area (TPSA) is 66.6 Å². The first kappa shape index (κ1) is 10.7. The molecule has 0 unspecified atom stereocenters. The number of hydrogen-bond donors (Lipinski definition) is 2. The number of primary amides is 1. The third kappa shape index (κ3) is 2.25. The normalized spacial score (nSPS) is 32.1. The van der Waals surface area contributed by atoms with Crippen LogP contribution < -0.4 is 5.73 Å². The van der Waals surface area contributed by atoms with Gasteiger partial charge in [-0.2, -0.15) is 0 Å². The summed E-state index contributed by atoms with van der Waals surface area (Å²) >= 11 is 0. The van der Waals surface area contributed by atoms with Crippen molar-refractivity contribution >= 4 is 6.03 Å². The number of carbonyl (C=O) groups is 1. The SMILES string of the molecule is NC(=O)N(O)[C@H]1C[C@@H](C2CCCCC2)C1. The molecule has 4 nitrogen and oxygen atoms in total. The van der Waals surface area contributed by atoms with E-state index in [9.17, 15) is 10.0 Å². The molecule has 0 atom stereocenters. The maximum atomic E-state index is 10.7. The predicted octanol–water partition coefficient (Wildman–Crippen LogP) is 2.12. The van der Waals surface area contributed by atoms with Gasteiger partial charge in [0.15, 0.2) is 0 Å². The molecule has 2 amide bonds. The fourth-order valence-electron chi connectivity index (χ4n) is 3.00. The van der Waals surface area contributed by atoms with E-state index < -0.39 is 6.03 Å². The first-order chi connectivity index (χ1) is 7.18. The molecule has 0 radical (unpaired) electrons. The molecular formula is C11H20N2O2. The van der Waals surface area contributed by atoms with Crippen molar-refractivity contribution < 1.29 is 10.0 Å². The van der Waals surface area contributed by atoms with Gasteiger partial charge in [-0.05, 0) is 24.7 Å². The third-order valence-corrected chi connectivity index (χ3v) is 4.04. The van der Waals surface area contributed by atoms with Gasteiger partial charge in [0.25, 0.3) is 0 Å². The van der Waals surface area contributed by atoms with Crippen LogP contribution in [0.3, 0.4) is 0 Å². The number of nitrogens with zero attached hydrogens (tertiary/aromatic N) is 1. The fraction of sp³-hybridized carbons (Fsp3) is 0.909. The molecule has 0 heterocycles. The van der Waals surface area contributed by atoms with Crippen molar-refractivity contribution in [3.8, 4) is 0 Å². The van der Waals surface area contributed by atoms with Gasteiger partial charge in [-0.1, -0.05) is 32.1 Å². The molecule has 2 fully saturated rings. The number of urea groups is 1. The van der Waals surface area contributed by atoms with E-state index in [4.69, 9.17) is 5.73 Å². The minimum atomic E-state index is -0.720. The van der Waals surface area contributed by atoms with E-state index in [0.717, 1.165) is 18.8 Å². The van der Waals surface area contributed by atoms with Crippen LogP contribution in [0.1, 0.15) is 44.9 Å². The molecule has 2 saturated carbocycles. The van der Waals surface area contributed by atoms with E-state index in [1.807, 2.05) is 0 Å². The molecule has 0 bridgehead atoms. The summed E-state index contributed by atoms with van der Waals surface area (Å²) in [5.74, 6) is 1.54. The van der Waals surface area contributed by atoms with Crippen molar-refractivity contribution in [1.29, 1.82) is 0 Å². The van der Waals surface area contributed by atoms with Gasteiger partial charge in [0.05, 0.1) is 6.04 Å². The Morgan fingerprint density at radius 2 is 1.73 bits per heavy atom. The van der Waals surface area contributed by atoms with Gasteiger partial charge in [-0.3, -0.25) is 5.21 Å². The van der Waals surface area contributed by atoms with Crippen LogP contribution in [-0.2, 0) is 0 Å². The lowest BCUT2D eigenvalue weighted by atomic mass is 9.67. The Morgan fingerprint density at radius 3 is 2.27 bits per heavy atom. The minimum absolute atomic E-state index is 0.0190. The minimum Gasteiger partial charge on any atom is -0.350 e. The lowest BCUT2D eigenvalue weighted by molar-refractivity contribution is -0.119. The summed E-state index contributed by atoms with van der Waals surface area (Å²) in [6, 6.07) is -0.739. The molecule has 2 aliphatic carbocycles. The number of hydroxylamine groups is 2. The Hall–Kier alpha value is -0.770. The third-order valence-electron chi connectivity index (χ3n) is 4.04. The molecule has 2 rings (SSSR count). The van der Waals surface area contributed by atoms with Gasteiger partial charge in [0, 0.05) is 0 Å². The molecule has 15 heavy (non-hydrogen) atoms. The van der Waals surface area contributed by atoms with Crippen molar-refractivity contribution in [2.75, 3.05) is 0 Å². The highest BCUT2D eigenvalue weighted by Crippen LogP contribution is 2.42. The van der Waals surface area contributed by atoms with Crippen LogP contribution in [0, 0.1) is 11.8 Å². The molecule has 86 valence electrons. The molecule has 4 heteroatoms. The highest BCUT2D eigenvalue weighted by molar-refractivity contribution is 5.71. The first-order valence-corrected chi connectivity index (χ1v) is 5.96. The van der Waals surface area contributed by atoms with Crippen molar-refractivity contribution in [3.63, 3.8) is 0 Å². The smallest absolute Gasteiger partial charge is 0.338 e. The maximum absolute atomic E-state index is 10.7. The van der Waals surface area contributed by atoms with Crippen molar-refractivity contribution in [2.45, 2.75) is 51.0 Å². The maximum Gasteiger partial charge on any atom is 0.338 e. The average molecular weight is 212 g/mol. The quantitative estimate of drug-likeness (QED) is 0.544. The fourth-order valence-corrected chi connectivity index (χ4v) is 3.00. The van der Waals surface area contributed by atoms with E-state index in [-0.39, 0.29) is 6.04 Å². The molecule has 0 aromatic rings. The molecule has 0 aliphatic heterocycles. The van der Waals surface area contributed by atoms with Crippen LogP contribution in [0.15, 0.2) is 0 Å². The molecule has 0 spiro atoms. The van der Waals surface area contributed by atoms with Crippen LogP contribution in [-0.4, -0.2) is 22.3 Å². The van der Waals surface area contributed by atoms with E-state index in [1.165, 1.54) is 32.1 Å². The van der Waals surface area contributed by atoms with Gasteiger partial charge in [-0.25, -0.2) is 9.86 Å². The zero-order valence-corrected chi connectivity index (χ0v) is 9.06. The van der Waals surface area contributed by atoms with Gasteiger partial charge < -0.3 is 5.73 Å². The van der Waals surface area contributed by atoms with Crippen LogP contribution in [0.5, 0.6) is 0 Å². The molecule has 0 aromatic carbocycles. The average Bonchev–Trinajstić information content (AvgIpc) is 2.17. The highest BCUT2D eigenvalue weighted by Gasteiger charge is 2.39. The Morgan fingerprint density at radius 1 is 1.13 bits per heavy atom. The van der Waals surface area contributed by atoms with E-state index >= 15 is 0 Å². The van der Waals surface area contributed by atoms with Gasteiger partial charge in [0.1, 0.15) is 0 Å². The summed E-state index contributed by atoms with van der Waals surface area (Å²) in [5, 5.41) is 10.0. The largest absolute Gasteiger partial charge is 0.350 e. The first-order valence-electron chi connectivity index (χ1n) is 5.96. The molecule has 3 N–H and O–H groups in total. The molecule has 2 aliphatic rings. The van der Waals surface area contributed by atoms with E-state index in [0.29, 0.717) is 11.0 Å². The van der Waals surface area contributed by atoms with Crippen LogP contribution in [0.25, 0.3) is 0 Å².